The molecule has 1 N–H and O–H groups in total. The molecular weight excluding hydrogens is 292 g/mol. The second-order valence-corrected chi connectivity index (χ2v) is 5.89. The Hall–Kier alpha value is -2.63. The fourth-order valence-electron chi connectivity index (χ4n) is 2.89. The maximum absolute atomic E-state index is 12.2. The van der Waals surface area contributed by atoms with Crippen molar-refractivity contribution in [2.24, 2.45) is 0 Å². The predicted molar refractivity (Wildman–Crippen MR) is 87.4 cm³/mol. The molecule has 6 heteroatoms. The molecule has 23 heavy (non-hydrogen) atoms. The molecule has 0 fully saturated rings. The molecule has 0 amide bonds. The van der Waals surface area contributed by atoms with Crippen molar-refractivity contribution in [2.75, 3.05) is 5.32 Å². The molecule has 0 spiro atoms. The lowest BCUT2D eigenvalue weighted by Gasteiger charge is -2.28. The number of anilines is 1. The molecule has 1 unspecified atom stereocenters. The summed E-state index contributed by atoms with van der Waals surface area (Å²) in [5.74, 6) is 1.42. The van der Waals surface area contributed by atoms with E-state index in [1.165, 1.54) is 6.33 Å². The number of carbonyl (C=O) groups excluding carboxylic acids is 1. The van der Waals surface area contributed by atoms with Crippen molar-refractivity contribution in [3.8, 4) is 5.75 Å². The Morgan fingerprint density at radius 3 is 2.87 bits per heavy atom. The Labute approximate surface area is 135 Å². The standard InChI is InChI=1S/C17H20N4O2/c1-10(2)23-14-7-5-6-13(8-14)16-15(12(4)22)11(3)20-17-18-9-19-21(16)17/h5-10,16H,1-4H3,(H,18,19,20). The number of ketones is 1. The van der Waals surface area contributed by atoms with Gasteiger partial charge in [-0.15, -0.1) is 0 Å². The zero-order valence-electron chi connectivity index (χ0n) is 13.7. The lowest BCUT2D eigenvalue weighted by Crippen LogP contribution is -2.27. The Morgan fingerprint density at radius 1 is 1.39 bits per heavy atom. The first-order valence-corrected chi connectivity index (χ1v) is 7.62. The van der Waals surface area contributed by atoms with Crippen molar-refractivity contribution in [1.82, 2.24) is 14.8 Å². The highest BCUT2D eigenvalue weighted by Crippen LogP contribution is 2.36. The van der Waals surface area contributed by atoms with Crippen molar-refractivity contribution in [1.29, 1.82) is 0 Å². The van der Waals surface area contributed by atoms with Crippen LogP contribution in [0, 0.1) is 0 Å². The van der Waals surface area contributed by atoms with Gasteiger partial charge in [0.05, 0.1) is 6.10 Å². The van der Waals surface area contributed by atoms with Gasteiger partial charge in [0.2, 0.25) is 5.95 Å². The minimum atomic E-state index is -0.304. The second kappa shape index (κ2) is 5.87. The van der Waals surface area contributed by atoms with E-state index < -0.39 is 0 Å². The predicted octanol–water partition coefficient (Wildman–Crippen LogP) is 2.94. The van der Waals surface area contributed by atoms with Gasteiger partial charge in [-0.3, -0.25) is 4.79 Å². The average molecular weight is 312 g/mol. The third-order valence-electron chi connectivity index (χ3n) is 3.72. The molecule has 1 aromatic heterocycles. The van der Waals surface area contributed by atoms with Crippen molar-refractivity contribution >= 4 is 11.7 Å². The molecule has 0 radical (unpaired) electrons. The number of carbonyl (C=O) groups is 1. The first-order chi connectivity index (χ1) is 11.0. The van der Waals surface area contributed by atoms with E-state index in [-0.39, 0.29) is 17.9 Å². The van der Waals surface area contributed by atoms with Gasteiger partial charge in [-0.1, -0.05) is 12.1 Å². The summed E-state index contributed by atoms with van der Waals surface area (Å²) in [5, 5.41) is 7.42. The SMILES string of the molecule is CC(=O)C1=C(C)Nc2ncnn2C1c1cccc(OC(C)C)c1. The van der Waals surface area contributed by atoms with Crippen LogP contribution in [0.3, 0.4) is 0 Å². The van der Waals surface area contributed by atoms with E-state index in [1.54, 1.807) is 11.6 Å². The van der Waals surface area contributed by atoms with E-state index in [9.17, 15) is 4.79 Å². The first-order valence-electron chi connectivity index (χ1n) is 7.62. The summed E-state index contributed by atoms with van der Waals surface area (Å²) in [6.45, 7) is 7.43. The normalized spacial score (nSPS) is 17.0. The third-order valence-corrected chi connectivity index (χ3v) is 3.72. The van der Waals surface area contributed by atoms with Gasteiger partial charge in [-0.25, -0.2) is 4.68 Å². The lowest BCUT2D eigenvalue weighted by molar-refractivity contribution is -0.114. The van der Waals surface area contributed by atoms with Gasteiger partial charge in [-0.05, 0) is 45.4 Å². The third kappa shape index (κ3) is 2.84. The molecule has 120 valence electrons. The van der Waals surface area contributed by atoms with Crippen molar-refractivity contribution in [2.45, 2.75) is 39.8 Å². The number of benzene rings is 1. The number of nitrogens with zero attached hydrogens (tertiary/aromatic N) is 3. The summed E-state index contributed by atoms with van der Waals surface area (Å²) in [6, 6.07) is 7.47. The molecule has 0 aliphatic carbocycles. The van der Waals surface area contributed by atoms with E-state index >= 15 is 0 Å². The summed E-state index contributed by atoms with van der Waals surface area (Å²) in [4.78, 5) is 16.4. The quantitative estimate of drug-likeness (QED) is 0.940. The minimum absolute atomic E-state index is 0.0105. The fraction of sp³-hybridized carbons (Fsp3) is 0.353. The maximum atomic E-state index is 12.2. The van der Waals surface area contributed by atoms with E-state index in [0.717, 1.165) is 17.0 Å². The van der Waals surface area contributed by atoms with E-state index in [2.05, 4.69) is 15.4 Å². The largest absolute Gasteiger partial charge is 0.491 e. The van der Waals surface area contributed by atoms with Gasteiger partial charge in [0.15, 0.2) is 5.78 Å². The van der Waals surface area contributed by atoms with Gasteiger partial charge < -0.3 is 10.1 Å². The van der Waals surface area contributed by atoms with Crippen LogP contribution >= 0.6 is 0 Å². The number of hydrogen-bond acceptors (Lipinski definition) is 5. The number of ether oxygens (including phenoxy) is 1. The van der Waals surface area contributed by atoms with Gasteiger partial charge in [-0.2, -0.15) is 10.1 Å². The minimum Gasteiger partial charge on any atom is -0.491 e. The van der Waals surface area contributed by atoms with Crippen LogP contribution in [0.15, 0.2) is 41.9 Å². The number of rotatable bonds is 4. The van der Waals surface area contributed by atoms with Crippen molar-refractivity contribution < 1.29 is 9.53 Å². The lowest BCUT2D eigenvalue weighted by atomic mass is 9.93. The molecule has 0 bridgehead atoms. The van der Waals surface area contributed by atoms with E-state index in [0.29, 0.717) is 11.5 Å². The molecule has 1 aliphatic rings. The summed E-state index contributed by atoms with van der Waals surface area (Å²) in [5.41, 5.74) is 2.43. The Balaban J connectivity index is 2.11. The summed E-state index contributed by atoms with van der Waals surface area (Å²) >= 11 is 0. The number of nitrogens with one attached hydrogen (secondary N) is 1. The second-order valence-electron chi connectivity index (χ2n) is 5.89. The molecule has 1 aromatic carbocycles. The highest BCUT2D eigenvalue weighted by molar-refractivity contribution is 5.96. The molecule has 0 saturated carbocycles. The Kier molecular flexibility index (Phi) is 3.90. The average Bonchev–Trinajstić information content (AvgIpc) is 2.92. The number of fused-ring (bicyclic) bond motifs is 1. The molecule has 1 atom stereocenters. The molecule has 2 aromatic rings. The van der Waals surface area contributed by atoms with Gasteiger partial charge in [0.25, 0.3) is 0 Å². The van der Waals surface area contributed by atoms with Gasteiger partial charge >= 0.3 is 0 Å². The Bertz CT molecular complexity index is 776. The van der Waals surface area contributed by atoms with Crippen LogP contribution in [0.2, 0.25) is 0 Å². The molecule has 2 heterocycles. The topological polar surface area (TPSA) is 69.0 Å². The van der Waals surface area contributed by atoms with E-state index in [1.807, 2.05) is 45.0 Å². The number of allylic oxidation sites excluding steroid dienone is 2. The van der Waals surface area contributed by atoms with Crippen LogP contribution in [0.25, 0.3) is 0 Å². The first kappa shape index (κ1) is 15.3. The van der Waals surface area contributed by atoms with Crippen molar-refractivity contribution in [3.63, 3.8) is 0 Å². The van der Waals surface area contributed by atoms with Crippen LogP contribution < -0.4 is 10.1 Å². The van der Waals surface area contributed by atoms with E-state index in [4.69, 9.17) is 4.74 Å². The fourth-order valence-corrected chi connectivity index (χ4v) is 2.89. The molecule has 6 nitrogen and oxygen atoms in total. The van der Waals surface area contributed by atoms with Crippen LogP contribution in [0.4, 0.5) is 5.95 Å². The number of hydrogen-bond donors (Lipinski definition) is 1. The Morgan fingerprint density at radius 2 is 2.17 bits per heavy atom. The number of aromatic nitrogens is 3. The van der Waals surface area contributed by atoms with Crippen molar-refractivity contribution in [3.05, 3.63) is 47.4 Å². The molecule has 1 aliphatic heterocycles. The smallest absolute Gasteiger partial charge is 0.226 e. The molecule has 3 rings (SSSR count). The zero-order chi connectivity index (χ0) is 16.6. The summed E-state index contributed by atoms with van der Waals surface area (Å²) in [6.07, 6.45) is 1.57. The molecular formula is C17H20N4O2. The van der Waals surface area contributed by atoms with Crippen LogP contribution in [0.1, 0.15) is 39.3 Å². The summed E-state index contributed by atoms with van der Waals surface area (Å²) < 4.78 is 7.51. The molecule has 0 saturated heterocycles. The van der Waals surface area contributed by atoms with Crippen LogP contribution in [-0.2, 0) is 4.79 Å². The maximum Gasteiger partial charge on any atom is 0.226 e. The highest BCUT2D eigenvalue weighted by atomic mass is 16.5. The van der Waals surface area contributed by atoms with Gasteiger partial charge in [0.1, 0.15) is 18.1 Å². The summed E-state index contributed by atoms with van der Waals surface area (Å²) in [7, 11) is 0. The van der Waals surface area contributed by atoms with Gasteiger partial charge in [0, 0.05) is 11.3 Å². The van der Waals surface area contributed by atoms with Crippen LogP contribution in [0.5, 0.6) is 5.75 Å². The highest BCUT2D eigenvalue weighted by Gasteiger charge is 2.31. The monoisotopic (exact) mass is 312 g/mol. The van der Waals surface area contributed by atoms with Crippen LogP contribution in [-0.4, -0.2) is 26.7 Å². The zero-order valence-corrected chi connectivity index (χ0v) is 13.7. The number of Topliss-reactive ketones (excluding diaryl/α,β-unsaturated/α-hetero) is 1.